The molecule has 0 bridgehead atoms. The van der Waals surface area contributed by atoms with Gasteiger partial charge in [0.2, 0.25) is 0 Å². The van der Waals surface area contributed by atoms with Gasteiger partial charge < -0.3 is 10.6 Å². The molecule has 0 atom stereocenters. The Balaban J connectivity index is 1.85. The van der Waals surface area contributed by atoms with Crippen LogP contribution in [0.2, 0.25) is 0 Å². The quantitative estimate of drug-likeness (QED) is 0.677. The molecule has 98 valence electrons. The van der Waals surface area contributed by atoms with Crippen LogP contribution in [0.3, 0.4) is 0 Å². The molecule has 1 aliphatic heterocycles. The minimum absolute atomic E-state index is 0.136. The Morgan fingerprint density at radius 1 is 1.00 bits per heavy atom. The lowest BCUT2D eigenvalue weighted by Gasteiger charge is -2.36. The standard InChI is InChI=1S/C14H18FIN2/c15-10-6-12-13(7-11(10)16)18-9-14(8-17-12)4-2-1-3-5-14/h6-7,17-18H,1-5,8-9H2. The highest BCUT2D eigenvalue weighted by molar-refractivity contribution is 14.1. The normalized spacial score (nSPS) is 21.7. The van der Waals surface area contributed by atoms with Crippen LogP contribution in [-0.4, -0.2) is 13.1 Å². The van der Waals surface area contributed by atoms with Crippen LogP contribution in [-0.2, 0) is 0 Å². The van der Waals surface area contributed by atoms with Gasteiger partial charge in [0.15, 0.2) is 0 Å². The molecule has 2 N–H and O–H groups in total. The van der Waals surface area contributed by atoms with Crippen LogP contribution in [0.15, 0.2) is 12.1 Å². The van der Waals surface area contributed by atoms with E-state index < -0.39 is 0 Å². The van der Waals surface area contributed by atoms with Gasteiger partial charge in [-0.15, -0.1) is 0 Å². The number of benzene rings is 1. The highest BCUT2D eigenvalue weighted by Gasteiger charge is 2.33. The van der Waals surface area contributed by atoms with Gasteiger partial charge in [0, 0.05) is 24.6 Å². The van der Waals surface area contributed by atoms with Gasteiger partial charge in [-0.05, 0) is 41.5 Å². The van der Waals surface area contributed by atoms with Crippen molar-refractivity contribution < 1.29 is 4.39 Å². The number of halogens is 2. The Labute approximate surface area is 121 Å². The molecule has 1 aliphatic carbocycles. The molecule has 0 saturated heterocycles. The van der Waals surface area contributed by atoms with E-state index in [1.54, 1.807) is 6.07 Å². The average Bonchev–Trinajstić information content (AvgIpc) is 2.54. The zero-order valence-electron chi connectivity index (χ0n) is 10.4. The number of rotatable bonds is 0. The second-order valence-electron chi connectivity index (χ2n) is 5.58. The third-order valence-corrected chi connectivity index (χ3v) is 5.11. The molecule has 3 rings (SSSR count). The first kappa shape index (κ1) is 12.5. The molecule has 1 aromatic rings. The Kier molecular flexibility index (Phi) is 3.38. The summed E-state index contributed by atoms with van der Waals surface area (Å²) in [5.41, 5.74) is 2.32. The first-order valence-corrected chi connectivity index (χ1v) is 7.73. The molecule has 0 amide bonds. The zero-order valence-corrected chi connectivity index (χ0v) is 12.5. The van der Waals surface area contributed by atoms with Crippen molar-refractivity contribution in [2.45, 2.75) is 32.1 Å². The number of anilines is 2. The van der Waals surface area contributed by atoms with E-state index in [0.29, 0.717) is 8.99 Å². The third kappa shape index (κ3) is 2.31. The van der Waals surface area contributed by atoms with Crippen LogP contribution in [0.25, 0.3) is 0 Å². The van der Waals surface area contributed by atoms with E-state index in [9.17, 15) is 4.39 Å². The van der Waals surface area contributed by atoms with Crippen LogP contribution in [0.5, 0.6) is 0 Å². The molecule has 0 radical (unpaired) electrons. The largest absolute Gasteiger partial charge is 0.383 e. The van der Waals surface area contributed by atoms with Crippen LogP contribution < -0.4 is 10.6 Å². The summed E-state index contributed by atoms with van der Waals surface area (Å²) in [7, 11) is 0. The summed E-state index contributed by atoms with van der Waals surface area (Å²) in [5.74, 6) is -0.136. The topological polar surface area (TPSA) is 24.1 Å². The van der Waals surface area contributed by atoms with E-state index in [1.165, 1.54) is 32.1 Å². The van der Waals surface area contributed by atoms with Crippen molar-refractivity contribution >= 4 is 34.0 Å². The number of hydrogen-bond donors (Lipinski definition) is 2. The zero-order chi connectivity index (χ0) is 12.6. The van der Waals surface area contributed by atoms with E-state index in [-0.39, 0.29) is 5.82 Å². The Morgan fingerprint density at radius 3 is 2.28 bits per heavy atom. The number of fused-ring (bicyclic) bond motifs is 1. The molecule has 2 nitrogen and oxygen atoms in total. The van der Waals surface area contributed by atoms with Crippen molar-refractivity contribution in [1.82, 2.24) is 0 Å². The first-order chi connectivity index (χ1) is 8.69. The van der Waals surface area contributed by atoms with Gasteiger partial charge >= 0.3 is 0 Å². The summed E-state index contributed by atoms with van der Waals surface area (Å²) >= 11 is 2.05. The third-order valence-electron chi connectivity index (χ3n) is 4.28. The van der Waals surface area contributed by atoms with Gasteiger partial charge in [0.05, 0.1) is 14.9 Å². The molecule has 1 aromatic carbocycles. The molecule has 2 aliphatic rings. The fourth-order valence-corrected chi connectivity index (χ4v) is 3.59. The summed E-state index contributed by atoms with van der Waals surface area (Å²) in [6.07, 6.45) is 6.57. The summed E-state index contributed by atoms with van der Waals surface area (Å²) in [5, 5.41) is 6.97. The molecule has 0 aromatic heterocycles. The van der Waals surface area contributed by atoms with Crippen molar-refractivity contribution in [3.63, 3.8) is 0 Å². The van der Waals surface area contributed by atoms with Crippen LogP contribution in [0, 0.1) is 14.8 Å². The van der Waals surface area contributed by atoms with Crippen LogP contribution >= 0.6 is 22.6 Å². The van der Waals surface area contributed by atoms with Gasteiger partial charge in [0.25, 0.3) is 0 Å². The average molecular weight is 360 g/mol. The molecular weight excluding hydrogens is 342 g/mol. The second kappa shape index (κ2) is 4.87. The predicted octanol–water partition coefficient (Wildman–Crippen LogP) is 4.22. The molecule has 1 heterocycles. The van der Waals surface area contributed by atoms with E-state index in [4.69, 9.17) is 0 Å². The van der Waals surface area contributed by atoms with E-state index in [0.717, 1.165) is 24.5 Å². The lowest BCUT2D eigenvalue weighted by Crippen LogP contribution is -2.36. The van der Waals surface area contributed by atoms with Gasteiger partial charge in [-0.1, -0.05) is 19.3 Å². The van der Waals surface area contributed by atoms with Crippen molar-refractivity contribution in [1.29, 1.82) is 0 Å². The van der Waals surface area contributed by atoms with Crippen molar-refractivity contribution in [2.24, 2.45) is 5.41 Å². The van der Waals surface area contributed by atoms with Gasteiger partial charge in [0.1, 0.15) is 5.82 Å². The van der Waals surface area contributed by atoms with Crippen LogP contribution in [0.4, 0.5) is 15.8 Å². The summed E-state index contributed by atoms with van der Waals surface area (Å²) in [6, 6.07) is 3.52. The van der Waals surface area contributed by atoms with Gasteiger partial charge in [-0.2, -0.15) is 0 Å². The summed E-state index contributed by atoms with van der Waals surface area (Å²) < 4.78 is 14.3. The molecule has 4 heteroatoms. The highest BCUT2D eigenvalue weighted by atomic mass is 127. The highest BCUT2D eigenvalue weighted by Crippen LogP contribution is 2.40. The minimum Gasteiger partial charge on any atom is -0.383 e. The maximum atomic E-state index is 13.6. The van der Waals surface area contributed by atoms with Crippen molar-refractivity contribution in [3.05, 3.63) is 21.5 Å². The molecular formula is C14H18FIN2. The minimum atomic E-state index is -0.136. The second-order valence-corrected chi connectivity index (χ2v) is 6.74. The van der Waals surface area contributed by atoms with E-state index in [2.05, 4.69) is 10.6 Å². The van der Waals surface area contributed by atoms with E-state index in [1.807, 2.05) is 28.7 Å². The smallest absolute Gasteiger partial charge is 0.138 e. The number of nitrogens with one attached hydrogen (secondary N) is 2. The maximum Gasteiger partial charge on any atom is 0.138 e. The lowest BCUT2D eigenvalue weighted by atomic mass is 9.74. The Morgan fingerprint density at radius 2 is 1.61 bits per heavy atom. The van der Waals surface area contributed by atoms with Gasteiger partial charge in [-0.25, -0.2) is 4.39 Å². The molecule has 1 fully saturated rings. The lowest BCUT2D eigenvalue weighted by molar-refractivity contribution is 0.224. The van der Waals surface area contributed by atoms with Gasteiger partial charge in [-0.3, -0.25) is 0 Å². The van der Waals surface area contributed by atoms with E-state index >= 15 is 0 Å². The van der Waals surface area contributed by atoms with Crippen molar-refractivity contribution in [2.75, 3.05) is 23.7 Å². The Bertz CT molecular complexity index is 420. The predicted molar refractivity (Wildman–Crippen MR) is 81.6 cm³/mol. The summed E-state index contributed by atoms with van der Waals surface area (Å²) in [6.45, 7) is 1.97. The molecule has 1 spiro atoms. The molecule has 18 heavy (non-hydrogen) atoms. The molecule has 1 saturated carbocycles. The Hall–Kier alpha value is -0.520. The van der Waals surface area contributed by atoms with Crippen molar-refractivity contribution in [3.8, 4) is 0 Å². The first-order valence-electron chi connectivity index (χ1n) is 6.65. The SMILES string of the molecule is Fc1cc2c(cc1I)NCC1(CCCCC1)CN2. The number of hydrogen-bond acceptors (Lipinski definition) is 2. The maximum absolute atomic E-state index is 13.6. The fraction of sp³-hybridized carbons (Fsp3) is 0.571. The molecule has 0 unspecified atom stereocenters. The van der Waals surface area contributed by atoms with Crippen LogP contribution in [0.1, 0.15) is 32.1 Å². The fourth-order valence-electron chi connectivity index (χ4n) is 3.12. The monoisotopic (exact) mass is 360 g/mol. The summed E-state index contributed by atoms with van der Waals surface area (Å²) in [4.78, 5) is 0.